The van der Waals surface area contributed by atoms with E-state index in [9.17, 15) is 0 Å². The number of nitrogens with zero attached hydrogens (tertiary/aromatic N) is 1. The summed E-state index contributed by atoms with van der Waals surface area (Å²) in [6, 6.07) is 10.2. The van der Waals surface area contributed by atoms with Crippen molar-refractivity contribution in [2.45, 2.75) is 20.0 Å². The van der Waals surface area contributed by atoms with Gasteiger partial charge in [0.2, 0.25) is 9.04 Å². The Kier molecular flexibility index (Phi) is 4.33. The second-order valence-corrected chi connectivity index (χ2v) is 7.72. The second kappa shape index (κ2) is 5.98. The molecular weight excluding hydrogens is 258 g/mol. The van der Waals surface area contributed by atoms with Gasteiger partial charge >= 0.3 is 0 Å². The molecule has 2 rings (SSSR count). The van der Waals surface area contributed by atoms with Crippen molar-refractivity contribution in [1.82, 2.24) is 0 Å². The maximum Gasteiger partial charge on any atom is 0.229 e. The van der Waals surface area contributed by atoms with Crippen LogP contribution in [0.2, 0.25) is 13.1 Å². The predicted octanol–water partition coefficient (Wildman–Crippen LogP) is 4.17. The van der Waals surface area contributed by atoms with Crippen molar-refractivity contribution in [2.75, 3.05) is 0 Å². The minimum absolute atomic E-state index is 0.898. The number of aliphatic imine (C=N–C) groups is 1. The summed E-state index contributed by atoms with van der Waals surface area (Å²) in [5.74, 6) is 0.898. The third kappa shape index (κ3) is 3.55. The van der Waals surface area contributed by atoms with E-state index in [1.54, 1.807) is 11.3 Å². The molecule has 1 heterocycles. The molecule has 0 aliphatic carbocycles. The smallest absolute Gasteiger partial charge is 0.229 e. The lowest BCUT2D eigenvalue weighted by Crippen LogP contribution is -2.11. The summed E-state index contributed by atoms with van der Waals surface area (Å²) in [4.78, 5) is 5.70. The van der Waals surface area contributed by atoms with Crippen LogP contribution in [0.4, 0.5) is 5.69 Å². The molecule has 0 bridgehead atoms. The number of hydrogen-bond acceptors (Lipinski definition) is 3. The third-order valence-electron chi connectivity index (χ3n) is 2.35. The van der Waals surface area contributed by atoms with Crippen LogP contribution in [-0.4, -0.2) is 15.3 Å². The van der Waals surface area contributed by atoms with Gasteiger partial charge in [-0.3, -0.25) is 4.99 Å². The first-order valence-electron chi connectivity index (χ1n) is 6.00. The van der Waals surface area contributed by atoms with E-state index in [-0.39, 0.29) is 0 Å². The van der Waals surface area contributed by atoms with Crippen molar-refractivity contribution in [2.24, 2.45) is 4.99 Å². The van der Waals surface area contributed by atoms with E-state index in [4.69, 9.17) is 4.43 Å². The van der Waals surface area contributed by atoms with Crippen LogP contribution in [0.15, 0.2) is 40.7 Å². The number of hydrogen-bond donors (Lipinski definition) is 0. The van der Waals surface area contributed by atoms with Crippen LogP contribution in [0, 0.1) is 6.92 Å². The minimum atomic E-state index is -1.10. The third-order valence-corrected chi connectivity index (χ3v) is 3.88. The molecule has 0 aliphatic rings. The molecule has 2 aromatic rings. The highest BCUT2D eigenvalue weighted by Crippen LogP contribution is 2.29. The van der Waals surface area contributed by atoms with Gasteiger partial charge in [-0.2, -0.15) is 0 Å². The van der Waals surface area contributed by atoms with E-state index in [2.05, 4.69) is 48.6 Å². The summed E-state index contributed by atoms with van der Waals surface area (Å²) in [6.45, 7) is 6.39. The average Bonchev–Trinajstić information content (AvgIpc) is 2.82. The lowest BCUT2D eigenvalue weighted by molar-refractivity contribution is 0.582. The fourth-order valence-corrected chi connectivity index (χ4v) is 2.87. The van der Waals surface area contributed by atoms with Gasteiger partial charge in [0.25, 0.3) is 0 Å². The summed E-state index contributed by atoms with van der Waals surface area (Å²) >= 11 is 1.68. The van der Waals surface area contributed by atoms with Gasteiger partial charge in [-0.25, -0.2) is 0 Å². The standard InChI is InChI=1S/C14H17NOSSi/c1-11-6-7-14(16-18(2)3)13(9-11)15-10-12-5-4-8-17-12/h4-10,18H,1-3H3. The Morgan fingerprint density at radius 1 is 1.28 bits per heavy atom. The van der Waals surface area contributed by atoms with E-state index in [0.717, 1.165) is 16.3 Å². The van der Waals surface area contributed by atoms with Crippen LogP contribution in [0.3, 0.4) is 0 Å². The summed E-state index contributed by atoms with van der Waals surface area (Å²) in [5, 5.41) is 2.05. The van der Waals surface area contributed by atoms with Gasteiger partial charge < -0.3 is 4.43 Å². The number of thiophene rings is 1. The molecule has 0 saturated heterocycles. The van der Waals surface area contributed by atoms with Crippen molar-refractivity contribution in [1.29, 1.82) is 0 Å². The molecule has 0 saturated carbocycles. The quantitative estimate of drug-likeness (QED) is 0.606. The van der Waals surface area contributed by atoms with Crippen molar-refractivity contribution >= 4 is 32.3 Å². The molecule has 2 nitrogen and oxygen atoms in total. The molecule has 0 N–H and O–H groups in total. The molecule has 0 radical (unpaired) electrons. The maximum atomic E-state index is 5.90. The van der Waals surface area contributed by atoms with E-state index < -0.39 is 9.04 Å². The lowest BCUT2D eigenvalue weighted by Gasteiger charge is -2.12. The Morgan fingerprint density at radius 3 is 2.78 bits per heavy atom. The first kappa shape index (κ1) is 13.0. The van der Waals surface area contributed by atoms with Crippen molar-refractivity contribution in [3.8, 4) is 5.75 Å². The molecule has 0 spiro atoms. The number of aryl methyl sites for hydroxylation is 1. The first-order valence-corrected chi connectivity index (χ1v) is 9.66. The SMILES string of the molecule is Cc1ccc(O[SiH](C)C)c(N=Cc2cccs2)c1. The van der Waals surface area contributed by atoms with E-state index >= 15 is 0 Å². The normalized spacial score (nSPS) is 11.3. The van der Waals surface area contributed by atoms with Gasteiger partial charge in [0, 0.05) is 11.1 Å². The maximum absolute atomic E-state index is 5.90. The van der Waals surface area contributed by atoms with Crippen LogP contribution >= 0.6 is 11.3 Å². The van der Waals surface area contributed by atoms with Gasteiger partial charge in [-0.1, -0.05) is 12.1 Å². The van der Waals surface area contributed by atoms with Gasteiger partial charge in [-0.15, -0.1) is 11.3 Å². The van der Waals surface area contributed by atoms with Gasteiger partial charge in [0.1, 0.15) is 11.4 Å². The van der Waals surface area contributed by atoms with Crippen LogP contribution < -0.4 is 4.43 Å². The summed E-state index contributed by atoms with van der Waals surface area (Å²) in [7, 11) is -1.10. The van der Waals surface area contributed by atoms with Crippen molar-refractivity contribution < 1.29 is 4.43 Å². The Labute approximate surface area is 114 Å². The van der Waals surface area contributed by atoms with Crippen LogP contribution in [0.5, 0.6) is 5.75 Å². The van der Waals surface area contributed by atoms with Crippen LogP contribution in [-0.2, 0) is 0 Å². The highest BCUT2D eigenvalue weighted by atomic mass is 32.1. The molecule has 94 valence electrons. The molecule has 4 heteroatoms. The monoisotopic (exact) mass is 275 g/mol. The number of benzene rings is 1. The Morgan fingerprint density at radius 2 is 2.11 bits per heavy atom. The fourth-order valence-electron chi connectivity index (χ4n) is 1.58. The van der Waals surface area contributed by atoms with Gasteiger partial charge in [0.15, 0.2) is 0 Å². The fraction of sp³-hybridized carbons (Fsp3) is 0.214. The molecule has 0 aliphatic heterocycles. The zero-order valence-corrected chi connectivity index (χ0v) is 12.9. The van der Waals surface area contributed by atoms with Crippen LogP contribution in [0.25, 0.3) is 0 Å². The molecule has 0 fully saturated rings. The van der Waals surface area contributed by atoms with Crippen LogP contribution in [0.1, 0.15) is 10.4 Å². The Hall–Kier alpha value is -1.39. The second-order valence-electron chi connectivity index (χ2n) is 4.41. The molecule has 0 amide bonds. The summed E-state index contributed by atoms with van der Waals surface area (Å²) < 4.78 is 5.90. The number of rotatable bonds is 4. The topological polar surface area (TPSA) is 21.6 Å². The molecule has 0 unspecified atom stereocenters. The lowest BCUT2D eigenvalue weighted by atomic mass is 10.2. The molecule has 0 atom stereocenters. The van der Waals surface area contributed by atoms with Gasteiger partial charge in [-0.05, 0) is 49.2 Å². The van der Waals surface area contributed by atoms with E-state index in [1.807, 2.05) is 18.3 Å². The van der Waals surface area contributed by atoms with E-state index in [0.29, 0.717) is 0 Å². The zero-order chi connectivity index (χ0) is 13.0. The molecule has 1 aromatic heterocycles. The van der Waals surface area contributed by atoms with Crippen molar-refractivity contribution in [3.05, 3.63) is 46.2 Å². The predicted molar refractivity (Wildman–Crippen MR) is 82.3 cm³/mol. The molecule has 18 heavy (non-hydrogen) atoms. The summed E-state index contributed by atoms with van der Waals surface area (Å²) in [5.41, 5.74) is 2.12. The van der Waals surface area contributed by atoms with E-state index in [1.165, 1.54) is 5.56 Å². The summed E-state index contributed by atoms with van der Waals surface area (Å²) in [6.07, 6.45) is 1.90. The van der Waals surface area contributed by atoms with Gasteiger partial charge in [0.05, 0.1) is 0 Å². The molecular formula is C14H17NOSSi. The van der Waals surface area contributed by atoms with Crippen molar-refractivity contribution in [3.63, 3.8) is 0 Å². The average molecular weight is 275 g/mol. The Bertz CT molecular complexity index is 535. The highest BCUT2D eigenvalue weighted by molar-refractivity contribution is 7.11. The first-order chi connectivity index (χ1) is 8.65. The zero-order valence-electron chi connectivity index (χ0n) is 10.9. The minimum Gasteiger partial charge on any atom is -0.546 e. The largest absolute Gasteiger partial charge is 0.546 e. The molecule has 1 aromatic carbocycles. The Balaban J connectivity index is 2.27. The highest BCUT2D eigenvalue weighted by Gasteiger charge is 2.05.